The molecule has 1 saturated heterocycles. The van der Waals surface area contributed by atoms with Crippen molar-refractivity contribution in [2.45, 2.75) is 69.1 Å². The van der Waals surface area contributed by atoms with Crippen molar-refractivity contribution >= 4 is 0 Å². The molecule has 3 aliphatic rings. The molecular formula is C17H33N3O. The highest BCUT2D eigenvalue weighted by molar-refractivity contribution is 4.99. The van der Waals surface area contributed by atoms with Gasteiger partial charge in [0.2, 0.25) is 0 Å². The largest absolute Gasteiger partial charge is 0.381 e. The average molecular weight is 295 g/mol. The van der Waals surface area contributed by atoms with E-state index in [-0.39, 0.29) is 5.54 Å². The highest BCUT2D eigenvalue weighted by Crippen LogP contribution is 2.35. The van der Waals surface area contributed by atoms with Crippen LogP contribution in [0.1, 0.15) is 51.4 Å². The molecule has 2 unspecified atom stereocenters. The summed E-state index contributed by atoms with van der Waals surface area (Å²) in [6.07, 6.45) is 11.0. The van der Waals surface area contributed by atoms with Crippen molar-refractivity contribution in [3.05, 3.63) is 0 Å². The Kier molecular flexibility index (Phi) is 5.20. The molecule has 3 fully saturated rings. The molecule has 4 heteroatoms. The van der Waals surface area contributed by atoms with Crippen LogP contribution in [0, 0.1) is 0 Å². The SMILES string of the molecule is COC1CCCC(CN)(N2CCN(C3CCCC3)CC2)C1. The molecule has 0 radical (unpaired) electrons. The summed E-state index contributed by atoms with van der Waals surface area (Å²) in [5.41, 5.74) is 6.44. The molecule has 0 spiro atoms. The third kappa shape index (κ3) is 3.29. The first-order valence-corrected chi connectivity index (χ1v) is 8.99. The van der Waals surface area contributed by atoms with Crippen LogP contribution in [0.3, 0.4) is 0 Å². The first-order chi connectivity index (χ1) is 10.3. The van der Waals surface area contributed by atoms with Gasteiger partial charge in [-0.1, -0.05) is 12.8 Å². The van der Waals surface area contributed by atoms with Crippen LogP contribution in [0.2, 0.25) is 0 Å². The normalized spacial score (nSPS) is 37.1. The Bertz CT molecular complexity index is 324. The van der Waals surface area contributed by atoms with Gasteiger partial charge in [-0.15, -0.1) is 0 Å². The maximum Gasteiger partial charge on any atom is 0.0589 e. The van der Waals surface area contributed by atoms with Gasteiger partial charge < -0.3 is 10.5 Å². The monoisotopic (exact) mass is 295 g/mol. The molecule has 2 saturated carbocycles. The fourth-order valence-corrected chi connectivity index (χ4v) is 4.92. The highest BCUT2D eigenvalue weighted by atomic mass is 16.5. The maximum absolute atomic E-state index is 6.23. The summed E-state index contributed by atoms with van der Waals surface area (Å²) in [6.45, 7) is 5.67. The first kappa shape index (κ1) is 15.7. The Labute approximate surface area is 130 Å². The van der Waals surface area contributed by atoms with Crippen LogP contribution in [0.4, 0.5) is 0 Å². The Balaban J connectivity index is 1.58. The van der Waals surface area contributed by atoms with E-state index in [0.717, 1.165) is 19.0 Å². The standard InChI is InChI=1S/C17H33N3O/c1-21-16-7-4-8-17(13-16,14-18)20-11-9-19(10-12-20)15-5-2-3-6-15/h15-16H,2-14,18H2,1H3. The molecule has 0 aromatic heterocycles. The van der Waals surface area contributed by atoms with E-state index in [1.54, 1.807) is 0 Å². The fourth-order valence-electron chi connectivity index (χ4n) is 4.92. The van der Waals surface area contributed by atoms with Gasteiger partial charge in [0.15, 0.2) is 0 Å². The third-order valence-electron chi connectivity index (χ3n) is 6.32. The van der Waals surface area contributed by atoms with Crippen molar-refractivity contribution in [3.8, 4) is 0 Å². The molecule has 21 heavy (non-hydrogen) atoms. The van der Waals surface area contributed by atoms with Crippen LogP contribution < -0.4 is 5.73 Å². The van der Waals surface area contributed by atoms with Gasteiger partial charge in [0, 0.05) is 51.4 Å². The lowest BCUT2D eigenvalue weighted by molar-refractivity contribution is -0.0440. The van der Waals surface area contributed by atoms with E-state index in [1.807, 2.05) is 7.11 Å². The number of ether oxygens (including phenoxy) is 1. The van der Waals surface area contributed by atoms with E-state index in [4.69, 9.17) is 10.5 Å². The second kappa shape index (κ2) is 6.95. The molecule has 4 nitrogen and oxygen atoms in total. The van der Waals surface area contributed by atoms with Crippen molar-refractivity contribution < 1.29 is 4.74 Å². The number of nitrogens with zero attached hydrogens (tertiary/aromatic N) is 2. The lowest BCUT2D eigenvalue weighted by Crippen LogP contribution is -2.63. The predicted octanol–water partition coefficient (Wildman–Crippen LogP) is 1.83. The van der Waals surface area contributed by atoms with Gasteiger partial charge in [-0.3, -0.25) is 9.80 Å². The second-order valence-electron chi connectivity index (χ2n) is 7.34. The van der Waals surface area contributed by atoms with Crippen LogP contribution in [0.25, 0.3) is 0 Å². The van der Waals surface area contributed by atoms with Crippen LogP contribution >= 0.6 is 0 Å². The van der Waals surface area contributed by atoms with E-state index in [9.17, 15) is 0 Å². The minimum absolute atomic E-state index is 0.209. The van der Waals surface area contributed by atoms with Crippen molar-refractivity contribution in [1.82, 2.24) is 9.80 Å². The van der Waals surface area contributed by atoms with E-state index < -0.39 is 0 Å². The Hall–Kier alpha value is -0.160. The number of hydrogen-bond donors (Lipinski definition) is 1. The average Bonchev–Trinajstić information content (AvgIpc) is 3.09. The van der Waals surface area contributed by atoms with Crippen molar-refractivity contribution in [2.75, 3.05) is 39.8 Å². The van der Waals surface area contributed by atoms with Crippen LogP contribution in [0.5, 0.6) is 0 Å². The molecule has 122 valence electrons. The zero-order valence-corrected chi connectivity index (χ0v) is 13.7. The van der Waals surface area contributed by atoms with Gasteiger partial charge in [0.05, 0.1) is 6.10 Å². The molecule has 2 atom stereocenters. The summed E-state index contributed by atoms with van der Waals surface area (Å²) in [5, 5.41) is 0. The molecule has 1 aliphatic heterocycles. The van der Waals surface area contributed by atoms with Crippen LogP contribution in [-0.4, -0.2) is 67.3 Å². The maximum atomic E-state index is 6.23. The summed E-state index contributed by atoms with van der Waals surface area (Å²) in [4.78, 5) is 5.44. The van der Waals surface area contributed by atoms with Gasteiger partial charge in [0.25, 0.3) is 0 Å². The Morgan fingerprint density at radius 3 is 2.38 bits per heavy atom. The minimum atomic E-state index is 0.209. The van der Waals surface area contributed by atoms with Gasteiger partial charge in [-0.25, -0.2) is 0 Å². The fraction of sp³-hybridized carbons (Fsp3) is 1.00. The molecule has 0 amide bonds. The molecule has 2 aliphatic carbocycles. The summed E-state index contributed by atoms with van der Waals surface area (Å²) in [7, 11) is 1.86. The van der Waals surface area contributed by atoms with Gasteiger partial charge in [-0.2, -0.15) is 0 Å². The van der Waals surface area contributed by atoms with Crippen LogP contribution in [-0.2, 0) is 4.74 Å². The molecule has 0 aromatic carbocycles. The van der Waals surface area contributed by atoms with E-state index in [1.165, 1.54) is 71.1 Å². The van der Waals surface area contributed by atoms with Crippen molar-refractivity contribution in [3.63, 3.8) is 0 Å². The topological polar surface area (TPSA) is 41.7 Å². The molecule has 3 rings (SSSR count). The van der Waals surface area contributed by atoms with Crippen molar-refractivity contribution in [1.29, 1.82) is 0 Å². The highest BCUT2D eigenvalue weighted by Gasteiger charge is 2.42. The van der Waals surface area contributed by atoms with E-state index in [2.05, 4.69) is 9.80 Å². The zero-order valence-electron chi connectivity index (χ0n) is 13.7. The van der Waals surface area contributed by atoms with Gasteiger partial charge >= 0.3 is 0 Å². The number of methoxy groups -OCH3 is 1. The Morgan fingerprint density at radius 1 is 1.05 bits per heavy atom. The number of rotatable bonds is 4. The second-order valence-corrected chi connectivity index (χ2v) is 7.34. The molecule has 0 aromatic rings. The lowest BCUT2D eigenvalue weighted by atomic mass is 9.78. The molecular weight excluding hydrogens is 262 g/mol. The van der Waals surface area contributed by atoms with Crippen LogP contribution in [0.15, 0.2) is 0 Å². The number of hydrogen-bond acceptors (Lipinski definition) is 4. The van der Waals surface area contributed by atoms with Crippen molar-refractivity contribution in [2.24, 2.45) is 5.73 Å². The number of piperazine rings is 1. The molecule has 0 bridgehead atoms. The minimum Gasteiger partial charge on any atom is -0.381 e. The zero-order chi connectivity index (χ0) is 14.7. The molecule has 1 heterocycles. The summed E-state index contributed by atoms with van der Waals surface area (Å²) in [5.74, 6) is 0. The van der Waals surface area contributed by atoms with E-state index in [0.29, 0.717) is 6.10 Å². The lowest BCUT2D eigenvalue weighted by Gasteiger charge is -2.51. The summed E-state index contributed by atoms with van der Waals surface area (Å²) >= 11 is 0. The quantitative estimate of drug-likeness (QED) is 0.859. The number of nitrogens with two attached hydrogens (primary N) is 1. The molecule has 2 N–H and O–H groups in total. The van der Waals surface area contributed by atoms with E-state index >= 15 is 0 Å². The third-order valence-corrected chi connectivity index (χ3v) is 6.32. The summed E-state index contributed by atoms with van der Waals surface area (Å²) < 4.78 is 5.65. The van der Waals surface area contributed by atoms with Gasteiger partial charge in [-0.05, 0) is 38.5 Å². The summed E-state index contributed by atoms with van der Waals surface area (Å²) in [6, 6.07) is 0.874. The predicted molar refractivity (Wildman–Crippen MR) is 86.5 cm³/mol. The first-order valence-electron chi connectivity index (χ1n) is 8.99. The smallest absolute Gasteiger partial charge is 0.0589 e. The Morgan fingerprint density at radius 2 is 1.76 bits per heavy atom. The van der Waals surface area contributed by atoms with Gasteiger partial charge in [0.1, 0.15) is 0 Å².